The maximum atomic E-state index is 13.3. The second-order valence-corrected chi connectivity index (χ2v) is 13.0. The maximum Gasteiger partial charge on any atom is 0.255 e. The number of phenols is 1. The van der Waals surface area contributed by atoms with Crippen molar-refractivity contribution in [1.82, 2.24) is 14.9 Å². The molecule has 1 fully saturated rings. The van der Waals surface area contributed by atoms with Crippen LogP contribution in [0.2, 0.25) is 0 Å². The smallest absolute Gasteiger partial charge is 0.255 e. The quantitative estimate of drug-likeness (QED) is 0.0709. The molecule has 55 heavy (non-hydrogen) atoms. The van der Waals surface area contributed by atoms with Gasteiger partial charge in [0.2, 0.25) is 0 Å². The number of amides is 1. The summed E-state index contributed by atoms with van der Waals surface area (Å²) >= 11 is 0. The van der Waals surface area contributed by atoms with Crippen LogP contribution in [-0.2, 0) is 64.4 Å². The van der Waals surface area contributed by atoms with Gasteiger partial charge in [-0.25, -0.2) is 0 Å². The number of benzene rings is 4. The van der Waals surface area contributed by atoms with Gasteiger partial charge in [-0.05, 0) is 68.5 Å². The zero-order valence-electron chi connectivity index (χ0n) is 32.1. The number of aryl methyl sites for hydroxylation is 2. The van der Waals surface area contributed by atoms with Crippen LogP contribution in [0.15, 0.2) is 115 Å². The van der Waals surface area contributed by atoms with E-state index >= 15 is 0 Å². The van der Waals surface area contributed by atoms with Gasteiger partial charge in [0.25, 0.3) is 5.91 Å². The molecule has 5 rings (SSSR count). The Labute approximate surface area is 340 Å². The molecule has 12 heteroatoms. The van der Waals surface area contributed by atoms with Crippen LogP contribution in [0.3, 0.4) is 0 Å². The molecular weight excluding hydrogens is 868 g/mol. The van der Waals surface area contributed by atoms with Gasteiger partial charge in [-0.2, -0.15) is 5.06 Å². The van der Waals surface area contributed by atoms with Crippen LogP contribution in [0.1, 0.15) is 41.5 Å². The fourth-order valence-corrected chi connectivity index (χ4v) is 5.63. The molecular formula is C43H55N4O7W-. The van der Waals surface area contributed by atoms with Crippen LogP contribution in [-0.4, -0.2) is 102 Å². The Morgan fingerprint density at radius 2 is 1.45 bits per heavy atom. The van der Waals surface area contributed by atoms with Crippen molar-refractivity contribution in [3.8, 4) is 5.75 Å². The molecule has 0 aromatic heterocycles. The molecule has 3 atom stereocenters. The Morgan fingerprint density at radius 3 is 2.00 bits per heavy atom. The molecule has 0 aliphatic carbocycles. The number of carbonyl (C=O) groups excluding carboxylic acids is 3. The minimum absolute atomic E-state index is 0. The zero-order chi connectivity index (χ0) is 39.0. The van der Waals surface area contributed by atoms with E-state index in [1.165, 1.54) is 5.56 Å². The van der Waals surface area contributed by atoms with Gasteiger partial charge in [0.15, 0.2) is 6.10 Å². The summed E-state index contributed by atoms with van der Waals surface area (Å²) in [6.45, 7) is 2.80. The first-order valence-corrected chi connectivity index (χ1v) is 18.3. The van der Waals surface area contributed by atoms with Gasteiger partial charge in [-0.1, -0.05) is 115 Å². The van der Waals surface area contributed by atoms with Crippen molar-refractivity contribution < 1.29 is 55.3 Å². The fourth-order valence-electron chi connectivity index (χ4n) is 5.63. The van der Waals surface area contributed by atoms with E-state index in [-0.39, 0.29) is 52.0 Å². The standard InChI is InChI=1S/C26H35N4O5.C10H12O2.C7H8.W/c1-28(24(27-34-17-9-15-31)19-22-12-7-4-8-13-22)20-25-29(2)35-23(26(33)30(25)14-16-32)18-21-10-5-3-6-11-21;11-8-2-1-3-9-4-6-10(12)7-5-9;1-7-5-3-2-4-6-7;/h3-8,10-13,16,23-25,31H,9,14-15,17-20H2,1-2H3;4-8,12H,1-3H2;2-6H,1H3;/q-1;;;. The van der Waals surface area contributed by atoms with E-state index in [0.29, 0.717) is 38.8 Å². The Balaban J connectivity index is 0.000000425. The van der Waals surface area contributed by atoms with Crippen molar-refractivity contribution in [2.45, 2.75) is 63.9 Å². The third-order valence-electron chi connectivity index (χ3n) is 8.64. The Hall–Kier alpha value is -4.06. The molecule has 1 heterocycles. The summed E-state index contributed by atoms with van der Waals surface area (Å²) in [5.74, 6) is 0.0716. The average Bonchev–Trinajstić information content (AvgIpc) is 3.19. The summed E-state index contributed by atoms with van der Waals surface area (Å²) in [7, 11) is 3.68. The summed E-state index contributed by atoms with van der Waals surface area (Å²) in [6, 6.07) is 37.0. The van der Waals surface area contributed by atoms with Crippen LogP contribution >= 0.6 is 0 Å². The number of aldehydes is 2. The molecule has 1 aliphatic heterocycles. The van der Waals surface area contributed by atoms with Crippen molar-refractivity contribution >= 4 is 18.5 Å². The number of phenolic OH excluding ortho intramolecular Hbond substituents is 1. The normalized spacial score (nSPS) is 15.8. The number of aromatic hydroxyl groups is 1. The molecule has 1 aliphatic rings. The first-order valence-electron chi connectivity index (χ1n) is 18.3. The largest absolute Gasteiger partial charge is 0.519 e. The van der Waals surface area contributed by atoms with Gasteiger partial charge in [0.05, 0.1) is 6.54 Å². The van der Waals surface area contributed by atoms with Crippen molar-refractivity contribution in [2.24, 2.45) is 0 Å². The number of hydrogen-bond donors (Lipinski definition) is 2. The van der Waals surface area contributed by atoms with Crippen LogP contribution in [0, 0.1) is 6.92 Å². The Morgan fingerprint density at radius 1 is 0.855 bits per heavy atom. The van der Waals surface area contributed by atoms with Crippen molar-refractivity contribution in [3.05, 3.63) is 143 Å². The van der Waals surface area contributed by atoms with E-state index in [0.717, 1.165) is 42.1 Å². The molecule has 0 radical (unpaired) electrons. The van der Waals surface area contributed by atoms with Crippen molar-refractivity contribution in [3.63, 3.8) is 0 Å². The van der Waals surface area contributed by atoms with E-state index in [4.69, 9.17) is 19.9 Å². The average molecular weight is 924 g/mol. The topological polar surface area (TPSA) is 134 Å². The van der Waals surface area contributed by atoms with Gasteiger partial charge >= 0.3 is 0 Å². The van der Waals surface area contributed by atoms with E-state index in [1.54, 1.807) is 29.1 Å². The maximum absolute atomic E-state index is 13.3. The SMILES string of the molecule is CN(CC1N(C)OC(Cc2ccccc2)C(=O)N1CC=O)C(Cc1ccccc1)[N-]OCCCO.Cc1ccccc1.O=CCCCc1ccc(O)cc1.[W]. The van der Waals surface area contributed by atoms with Gasteiger partial charge in [0.1, 0.15) is 24.5 Å². The molecule has 2 N–H and O–H groups in total. The third kappa shape index (κ3) is 18.0. The fraction of sp³-hybridized carbons (Fsp3) is 0.372. The van der Waals surface area contributed by atoms with Crippen LogP contribution in [0.25, 0.3) is 5.48 Å². The number of hydrogen-bond acceptors (Lipinski definition) is 9. The van der Waals surface area contributed by atoms with Crippen LogP contribution in [0.5, 0.6) is 5.75 Å². The number of rotatable bonds is 18. The number of carbonyl (C=O) groups is 3. The van der Waals surface area contributed by atoms with Crippen molar-refractivity contribution in [1.29, 1.82) is 0 Å². The van der Waals surface area contributed by atoms with Gasteiger partial charge in [-0.15, -0.1) is 0 Å². The van der Waals surface area contributed by atoms with Crippen LogP contribution in [0.4, 0.5) is 0 Å². The van der Waals surface area contributed by atoms with E-state index in [1.807, 2.05) is 103 Å². The Kier molecular flexibility index (Phi) is 23.6. The van der Waals surface area contributed by atoms with Gasteiger partial charge in [0, 0.05) is 60.7 Å². The first kappa shape index (κ1) is 47.1. The van der Waals surface area contributed by atoms with Crippen LogP contribution < -0.4 is 0 Å². The number of hydroxylamine groups is 3. The Bertz CT molecular complexity index is 1600. The molecule has 11 nitrogen and oxygen atoms in total. The van der Waals surface area contributed by atoms with E-state index in [2.05, 4.69) is 24.5 Å². The summed E-state index contributed by atoms with van der Waals surface area (Å²) in [5, 5.41) is 19.6. The molecule has 0 saturated carbocycles. The molecule has 3 unspecified atom stereocenters. The summed E-state index contributed by atoms with van der Waals surface area (Å²) in [4.78, 5) is 49.8. The second-order valence-electron chi connectivity index (χ2n) is 13.0. The number of aliphatic hydroxyl groups excluding tert-OH is 1. The molecule has 0 bridgehead atoms. The minimum atomic E-state index is -0.699. The van der Waals surface area contributed by atoms with E-state index in [9.17, 15) is 14.4 Å². The van der Waals surface area contributed by atoms with Gasteiger partial charge in [-0.3, -0.25) is 9.63 Å². The second kappa shape index (κ2) is 27.5. The number of unbranched alkanes of at least 4 members (excludes halogenated alkanes) is 1. The van der Waals surface area contributed by atoms with E-state index < -0.39 is 12.3 Å². The third-order valence-corrected chi connectivity index (χ3v) is 8.64. The predicted octanol–water partition coefficient (Wildman–Crippen LogP) is 5.92. The van der Waals surface area contributed by atoms with Gasteiger partial charge < -0.3 is 39.9 Å². The molecule has 1 amide bonds. The minimum Gasteiger partial charge on any atom is -0.519 e. The molecule has 296 valence electrons. The number of nitrogens with zero attached hydrogens (tertiary/aromatic N) is 4. The number of likely N-dealkylation sites (N-methyl/N-ethyl adjacent to an activating group) is 2. The molecule has 4 aromatic rings. The first-order chi connectivity index (χ1) is 26.2. The van der Waals surface area contributed by atoms with Crippen molar-refractivity contribution in [2.75, 3.05) is 40.4 Å². The molecule has 4 aromatic carbocycles. The number of aliphatic hydroxyl groups is 1. The molecule has 1 saturated heterocycles. The molecule has 0 spiro atoms. The zero-order valence-corrected chi connectivity index (χ0v) is 35.0. The summed E-state index contributed by atoms with van der Waals surface area (Å²) < 4.78 is 0. The monoisotopic (exact) mass is 923 g/mol. The predicted molar refractivity (Wildman–Crippen MR) is 210 cm³/mol. The summed E-state index contributed by atoms with van der Waals surface area (Å²) in [6.07, 6.45) is 4.08. The summed E-state index contributed by atoms with van der Waals surface area (Å²) in [5.41, 5.74) is 8.96.